The third kappa shape index (κ3) is 3.11. The molecular formula is C12H22N2O2. The Hall–Kier alpha value is -0.770. The molecule has 0 aromatic carbocycles. The van der Waals surface area contributed by atoms with Gasteiger partial charge in [0.25, 0.3) is 0 Å². The molecule has 0 aromatic rings. The van der Waals surface area contributed by atoms with Crippen LogP contribution in [-0.2, 0) is 4.74 Å². The largest absolute Gasteiger partial charge is 0.377 e. The number of carbonyl (C=O) groups excluding carboxylic acids is 1. The van der Waals surface area contributed by atoms with Crippen LogP contribution in [0.2, 0.25) is 0 Å². The number of rotatable bonds is 4. The number of urea groups is 1. The quantitative estimate of drug-likeness (QED) is 0.791. The molecule has 2 rings (SSSR count). The number of amides is 2. The molecule has 1 saturated heterocycles. The first-order chi connectivity index (χ1) is 7.81. The molecule has 4 nitrogen and oxygen atoms in total. The minimum Gasteiger partial charge on any atom is -0.377 e. The summed E-state index contributed by atoms with van der Waals surface area (Å²) in [5, 5.41) is 3.02. The Bertz CT molecular complexity index is 241. The van der Waals surface area contributed by atoms with Gasteiger partial charge in [0.2, 0.25) is 0 Å². The zero-order valence-electron chi connectivity index (χ0n) is 10.1. The van der Waals surface area contributed by atoms with Gasteiger partial charge in [0.15, 0.2) is 0 Å². The molecule has 0 radical (unpaired) electrons. The van der Waals surface area contributed by atoms with E-state index in [2.05, 4.69) is 12.2 Å². The molecule has 1 unspecified atom stereocenters. The van der Waals surface area contributed by atoms with Crippen LogP contribution in [0.5, 0.6) is 0 Å². The standard InChI is InChI=1S/C12H22N2O2/c1-2-11-9-16-8-7-14(11)12(15)13-6-5-10-3-4-10/h10-11H,2-9H2,1H3,(H,13,15). The molecule has 16 heavy (non-hydrogen) atoms. The fourth-order valence-electron chi connectivity index (χ4n) is 2.15. The van der Waals surface area contributed by atoms with E-state index >= 15 is 0 Å². The number of nitrogens with one attached hydrogen (secondary N) is 1. The highest BCUT2D eigenvalue weighted by molar-refractivity contribution is 5.74. The highest BCUT2D eigenvalue weighted by Gasteiger charge is 2.26. The highest BCUT2D eigenvalue weighted by Crippen LogP contribution is 2.31. The van der Waals surface area contributed by atoms with Gasteiger partial charge in [0.1, 0.15) is 0 Å². The summed E-state index contributed by atoms with van der Waals surface area (Å²) in [5.41, 5.74) is 0. The topological polar surface area (TPSA) is 41.6 Å². The number of carbonyl (C=O) groups is 1. The fourth-order valence-corrected chi connectivity index (χ4v) is 2.15. The molecule has 1 aliphatic heterocycles. The maximum atomic E-state index is 11.9. The third-order valence-corrected chi connectivity index (χ3v) is 3.49. The van der Waals surface area contributed by atoms with Gasteiger partial charge in [-0.2, -0.15) is 0 Å². The average molecular weight is 226 g/mol. The normalized spacial score (nSPS) is 25.6. The molecule has 2 fully saturated rings. The first-order valence-electron chi connectivity index (χ1n) is 6.43. The number of hydrogen-bond donors (Lipinski definition) is 1. The Labute approximate surface area is 97.3 Å². The van der Waals surface area contributed by atoms with Crippen molar-refractivity contribution in [1.29, 1.82) is 0 Å². The van der Waals surface area contributed by atoms with Gasteiger partial charge in [-0.1, -0.05) is 19.8 Å². The number of hydrogen-bond acceptors (Lipinski definition) is 2. The van der Waals surface area contributed by atoms with Crippen molar-refractivity contribution in [3.8, 4) is 0 Å². The number of morpholine rings is 1. The van der Waals surface area contributed by atoms with Gasteiger partial charge in [-0.15, -0.1) is 0 Å². The lowest BCUT2D eigenvalue weighted by molar-refractivity contribution is 0.0113. The minimum absolute atomic E-state index is 0.0933. The summed E-state index contributed by atoms with van der Waals surface area (Å²) in [5.74, 6) is 0.881. The molecule has 1 N–H and O–H groups in total. The monoisotopic (exact) mass is 226 g/mol. The summed E-state index contributed by atoms with van der Waals surface area (Å²) >= 11 is 0. The van der Waals surface area contributed by atoms with Crippen molar-refractivity contribution in [2.45, 2.75) is 38.6 Å². The first kappa shape index (κ1) is 11.7. The zero-order valence-corrected chi connectivity index (χ0v) is 10.1. The van der Waals surface area contributed by atoms with E-state index in [0.717, 1.165) is 31.8 Å². The predicted molar refractivity (Wildman–Crippen MR) is 62.3 cm³/mol. The maximum Gasteiger partial charge on any atom is 0.317 e. The van der Waals surface area contributed by atoms with E-state index in [1.54, 1.807) is 0 Å². The van der Waals surface area contributed by atoms with Crippen molar-refractivity contribution in [3.63, 3.8) is 0 Å². The van der Waals surface area contributed by atoms with Gasteiger partial charge in [-0.05, 0) is 18.8 Å². The zero-order chi connectivity index (χ0) is 11.4. The van der Waals surface area contributed by atoms with Gasteiger partial charge in [-0.3, -0.25) is 0 Å². The fraction of sp³-hybridized carbons (Fsp3) is 0.917. The van der Waals surface area contributed by atoms with Crippen LogP contribution in [0.25, 0.3) is 0 Å². The summed E-state index contributed by atoms with van der Waals surface area (Å²) in [6, 6.07) is 0.352. The van der Waals surface area contributed by atoms with Crippen molar-refractivity contribution >= 4 is 6.03 Å². The van der Waals surface area contributed by atoms with E-state index in [1.807, 2.05) is 4.90 Å². The van der Waals surface area contributed by atoms with Gasteiger partial charge in [0.05, 0.1) is 19.3 Å². The van der Waals surface area contributed by atoms with Crippen LogP contribution in [0, 0.1) is 5.92 Å². The van der Waals surface area contributed by atoms with E-state index in [1.165, 1.54) is 12.8 Å². The average Bonchev–Trinajstić information content (AvgIpc) is 3.13. The Morgan fingerprint density at radius 1 is 1.50 bits per heavy atom. The summed E-state index contributed by atoms with van der Waals surface area (Å²) in [7, 11) is 0. The Morgan fingerprint density at radius 3 is 3.00 bits per heavy atom. The number of ether oxygens (including phenoxy) is 1. The molecule has 1 saturated carbocycles. The molecule has 2 aliphatic rings. The smallest absolute Gasteiger partial charge is 0.317 e. The maximum absolute atomic E-state index is 11.9. The van der Waals surface area contributed by atoms with E-state index in [-0.39, 0.29) is 12.1 Å². The molecule has 92 valence electrons. The second-order valence-electron chi connectivity index (χ2n) is 4.79. The summed E-state index contributed by atoms with van der Waals surface area (Å²) in [6.45, 7) is 5.02. The lowest BCUT2D eigenvalue weighted by Gasteiger charge is -2.35. The van der Waals surface area contributed by atoms with E-state index in [4.69, 9.17) is 4.74 Å². The molecule has 0 bridgehead atoms. The van der Waals surface area contributed by atoms with Crippen LogP contribution in [0.4, 0.5) is 4.79 Å². The highest BCUT2D eigenvalue weighted by atomic mass is 16.5. The van der Waals surface area contributed by atoms with Gasteiger partial charge >= 0.3 is 6.03 Å². The molecule has 1 heterocycles. The van der Waals surface area contributed by atoms with Crippen molar-refractivity contribution in [2.75, 3.05) is 26.3 Å². The molecule has 2 amide bonds. The van der Waals surface area contributed by atoms with Crippen molar-refractivity contribution in [1.82, 2.24) is 10.2 Å². The summed E-state index contributed by atoms with van der Waals surface area (Å²) in [4.78, 5) is 13.9. The third-order valence-electron chi connectivity index (χ3n) is 3.49. The lowest BCUT2D eigenvalue weighted by Crippen LogP contribution is -2.52. The lowest BCUT2D eigenvalue weighted by atomic mass is 10.2. The van der Waals surface area contributed by atoms with E-state index < -0.39 is 0 Å². The van der Waals surface area contributed by atoms with Gasteiger partial charge in [-0.25, -0.2) is 4.79 Å². The Kier molecular flexibility index (Phi) is 4.04. The molecule has 0 aromatic heterocycles. The van der Waals surface area contributed by atoms with Crippen molar-refractivity contribution < 1.29 is 9.53 Å². The minimum atomic E-state index is 0.0933. The van der Waals surface area contributed by atoms with E-state index in [0.29, 0.717) is 13.2 Å². The molecule has 1 aliphatic carbocycles. The first-order valence-corrected chi connectivity index (χ1v) is 6.43. The SMILES string of the molecule is CCC1COCCN1C(=O)NCCC1CC1. The van der Waals surface area contributed by atoms with Crippen molar-refractivity contribution in [2.24, 2.45) is 5.92 Å². The van der Waals surface area contributed by atoms with Crippen LogP contribution in [-0.4, -0.2) is 43.3 Å². The molecule has 4 heteroatoms. The summed E-state index contributed by atoms with van der Waals surface area (Å²) < 4.78 is 5.38. The van der Waals surface area contributed by atoms with Crippen LogP contribution in [0.3, 0.4) is 0 Å². The van der Waals surface area contributed by atoms with Crippen LogP contribution in [0.1, 0.15) is 32.6 Å². The van der Waals surface area contributed by atoms with Crippen LogP contribution in [0.15, 0.2) is 0 Å². The molecular weight excluding hydrogens is 204 g/mol. The second kappa shape index (κ2) is 5.53. The summed E-state index contributed by atoms with van der Waals surface area (Å²) in [6.07, 6.45) is 4.82. The van der Waals surface area contributed by atoms with Gasteiger partial charge in [0, 0.05) is 13.1 Å². The van der Waals surface area contributed by atoms with Crippen LogP contribution < -0.4 is 5.32 Å². The van der Waals surface area contributed by atoms with Crippen LogP contribution >= 0.6 is 0 Å². The van der Waals surface area contributed by atoms with Crippen molar-refractivity contribution in [3.05, 3.63) is 0 Å². The van der Waals surface area contributed by atoms with E-state index in [9.17, 15) is 4.79 Å². The molecule has 0 spiro atoms. The second-order valence-corrected chi connectivity index (χ2v) is 4.79. The number of nitrogens with zero attached hydrogens (tertiary/aromatic N) is 1. The Morgan fingerprint density at radius 2 is 2.31 bits per heavy atom. The predicted octanol–water partition coefficient (Wildman–Crippen LogP) is 1.61. The molecule has 1 atom stereocenters. The Balaban J connectivity index is 1.72. The van der Waals surface area contributed by atoms with Gasteiger partial charge < -0.3 is 15.0 Å².